The molecule has 8 nitrogen and oxygen atoms in total. The van der Waals surface area contributed by atoms with Gasteiger partial charge in [-0.25, -0.2) is 8.78 Å². The first-order valence-corrected chi connectivity index (χ1v) is 15.6. The Morgan fingerprint density at radius 1 is 1.24 bits per heavy atom. The number of aromatic hydroxyl groups is 1. The molecule has 0 amide bonds. The average Bonchev–Trinajstić information content (AvgIpc) is 3.70. The minimum atomic E-state index is -0.721. The molecule has 2 N–H and O–H groups in total. The van der Waals surface area contributed by atoms with Crippen LogP contribution < -0.4 is 15.0 Å². The monoisotopic (exact) mass is 608 g/mol. The lowest BCUT2D eigenvalue weighted by Gasteiger charge is -2.40. The van der Waals surface area contributed by atoms with E-state index in [2.05, 4.69) is 44.5 Å². The maximum atomic E-state index is 16.9. The summed E-state index contributed by atoms with van der Waals surface area (Å²) in [6, 6.07) is 6.37. The molecule has 10 heteroatoms. The molecule has 6 heterocycles. The smallest absolute Gasteiger partial charge is 0.319 e. The lowest BCUT2D eigenvalue weighted by atomic mass is 9.94. The Labute approximate surface area is 260 Å². The number of hydrogen-bond donors (Lipinski definition) is 2. The van der Waals surface area contributed by atoms with Crippen molar-refractivity contribution in [2.24, 2.45) is 0 Å². The van der Waals surface area contributed by atoms with Crippen LogP contribution in [0.15, 0.2) is 42.6 Å². The van der Waals surface area contributed by atoms with Crippen LogP contribution >= 0.6 is 0 Å². The summed E-state index contributed by atoms with van der Waals surface area (Å²) in [6.07, 6.45) is 12.3. The third-order valence-electron chi connectivity index (χ3n) is 10.3. The van der Waals surface area contributed by atoms with Gasteiger partial charge in [0.1, 0.15) is 35.2 Å². The van der Waals surface area contributed by atoms with Crippen molar-refractivity contribution in [3.05, 3.63) is 59.8 Å². The molecule has 0 spiro atoms. The highest BCUT2D eigenvalue weighted by Crippen LogP contribution is 2.42. The van der Waals surface area contributed by atoms with Crippen molar-refractivity contribution < 1.29 is 18.6 Å². The number of terminal acetylenes is 1. The average molecular weight is 609 g/mol. The molecule has 4 saturated heterocycles. The molecule has 0 radical (unpaired) electrons. The first kappa shape index (κ1) is 28.2. The predicted molar refractivity (Wildman–Crippen MR) is 169 cm³/mol. The second-order valence-electron chi connectivity index (χ2n) is 13.1. The summed E-state index contributed by atoms with van der Waals surface area (Å²) in [5.41, 5.74) is 1.13. The van der Waals surface area contributed by atoms with E-state index in [1.807, 2.05) is 0 Å². The van der Waals surface area contributed by atoms with Gasteiger partial charge in [-0.15, -0.1) is 6.42 Å². The molecule has 8 rings (SSSR count). The molecule has 4 aliphatic heterocycles. The van der Waals surface area contributed by atoms with Crippen molar-refractivity contribution in [3.63, 3.8) is 0 Å². The molecule has 2 aromatic heterocycles. The van der Waals surface area contributed by atoms with E-state index >= 15 is 4.39 Å². The molecule has 0 saturated carbocycles. The standard InChI is InChI=1S/C35H34F2N6O2/c1-4-24-27(36)8-6-21-12-23(44)13-25(29(21)24)31-30(37)32-26(15-38-31)33(43-17-22-7-9-28(39-22)20(43)3)41-34(40-32)45-18-35-10-5-11-42(35)16-19(2)14-35/h1,6,8,12-13,15,20,22,28,39,44H,2,5,7,9-11,14,16-18H2,3H3. The highest BCUT2D eigenvalue weighted by molar-refractivity contribution is 6.03. The molecule has 45 heavy (non-hydrogen) atoms. The van der Waals surface area contributed by atoms with Crippen LogP contribution in [0.1, 0.15) is 44.6 Å². The van der Waals surface area contributed by atoms with E-state index in [1.165, 1.54) is 29.8 Å². The van der Waals surface area contributed by atoms with Crippen LogP contribution in [-0.4, -0.2) is 74.9 Å². The summed E-state index contributed by atoms with van der Waals surface area (Å²) in [5, 5.41) is 15.5. The number of phenolic OH excluding ortho intramolecular Hbond substituents is 1. The molecular weight excluding hydrogens is 574 g/mol. The number of fused-ring (bicyclic) bond motifs is 5. The lowest BCUT2D eigenvalue weighted by molar-refractivity contribution is 0.108. The molecule has 2 aromatic carbocycles. The van der Waals surface area contributed by atoms with E-state index in [-0.39, 0.29) is 45.7 Å². The second kappa shape index (κ2) is 10.4. The van der Waals surface area contributed by atoms with E-state index < -0.39 is 11.6 Å². The minimum Gasteiger partial charge on any atom is -0.508 e. The number of ether oxygens (including phenoxy) is 1. The van der Waals surface area contributed by atoms with E-state index in [9.17, 15) is 9.50 Å². The molecule has 4 aliphatic rings. The van der Waals surface area contributed by atoms with Gasteiger partial charge < -0.3 is 20.1 Å². The maximum absolute atomic E-state index is 16.9. The Bertz CT molecular complexity index is 1940. The van der Waals surface area contributed by atoms with Gasteiger partial charge in [-0.2, -0.15) is 9.97 Å². The summed E-state index contributed by atoms with van der Waals surface area (Å²) in [5.74, 6) is 1.51. The van der Waals surface area contributed by atoms with E-state index in [0.29, 0.717) is 47.2 Å². The van der Waals surface area contributed by atoms with Gasteiger partial charge in [-0.1, -0.05) is 24.1 Å². The predicted octanol–water partition coefficient (Wildman–Crippen LogP) is 5.31. The zero-order valence-corrected chi connectivity index (χ0v) is 25.1. The Morgan fingerprint density at radius 3 is 2.96 bits per heavy atom. The molecule has 4 fully saturated rings. The number of rotatable bonds is 5. The van der Waals surface area contributed by atoms with E-state index in [4.69, 9.17) is 16.1 Å². The Balaban J connectivity index is 1.29. The summed E-state index contributed by atoms with van der Waals surface area (Å²) in [6.45, 7) is 9.32. The number of aromatic nitrogens is 3. The SMILES string of the molecule is C#Cc1c(F)ccc2cc(O)cc(-c3ncc4c(N5CC6CCC(N6)C5C)nc(OCC56CCCN5CC(=C)C6)nc4c3F)c12. The Morgan fingerprint density at radius 2 is 2.11 bits per heavy atom. The third-order valence-corrected chi connectivity index (χ3v) is 10.3. The quantitative estimate of drug-likeness (QED) is 0.233. The molecule has 4 atom stereocenters. The van der Waals surface area contributed by atoms with Gasteiger partial charge in [0.2, 0.25) is 0 Å². The van der Waals surface area contributed by atoms with Gasteiger partial charge in [0.05, 0.1) is 16.5 Å². The van der Waals surface area contributed by atoms with Gasteiger partial charge in [0.15, 0.2) is 5.82 Å². The zero-order valence-electron chi connectivity index (χ0n) is 25.1. The molecular formula is C35H34F2N6O2. The summed E-state index contributed by atoms with van der Waals surface area (Å²) in [7, 11) is 0. The number of anilines is 1. The third kappa shape index (κ3) is 4.43. The second-order valence-corrected chi connectivity index (χ2v) is 13.1. The van der Waals surface area contributed by atoms with Gasteiger partial charge in [0.25, 0.3) is 0 Å². The molecule has 4 aromatic rings. The first-order valence-electron chi connectivity index (χ1n) is 15.6. The molecule has 2 bridgehead atoms. The highest BCUT2D eigenvalue weighted by Gasteiger charge is 2.47. The Hall–Kier alpha value is -4.33. The number of piperazine rings is 1. The van der Waals surface area contributed by atoms with Gasteiger partial charge >= 0.3 is 6.01 Å². The van der Waals surface area contributed by atoms with Crippen molar-refractivity contribution >= 4 is 27.5 Å². The minimum absolute atomic E-state index is 0.0279. The molecule has 230 valence electrons. The van der Waals surface area contributed by atoms with Crippen molar-refractivity contribution in [1.82, 2.24) is 25.2 Å². The summed E-state index contributed by atoms with van der Waals surface area (Å²) >= 11 is 0. The van der Waals surface area contributed by atoms with Gasteiger partial charge in [-0.05, 0) is 69.2 Å². The van der Waals surface area contributed by atoms with Crippen molar-refractivity contribution in [2.75, 3.05) is 31.1 Å². The van der Waals surface area contributed by atoms with Gasteiger partial charge in [0, 0.05) is 48.4 Å². The highest BCUT2D eigenvalue weighted by atomic mass is 19.1. The van der Waals surface area contributed by atoms with Gasteiger partial charge in [-0.3, -0.25) is 9.88 Å². The number of halogens is 2. The van der Waals surface area contributed by atoms with Crippen molar-refractivity contribution in [3.8, 4) is 35.4 Å². The summed E-state index contributed by atoms with van der Waals surface area (Å²) in [4.78, 5) is 18.7. The number of phenols is 1. The number of pyridine rings is 1. The van der Waals surface area contributed by atoms with Crippen LogP contribution in [0.3, 0.4) is 0 Å². The van der Waals surface area contributed by atoms with Crippen molar-refractivity contribution in [2.45, 2.75) is 62.7 Å². The lowest BCUT2D eigenvalue weighted by Crippen LogP contribution is -2.57. The Kier molecular flexibility index (Phi) is 6.48. The maximum Gasteiger partial charge on any atom is 0.319 e. The topological polar surface area (TPSA) is 86.6 Å². The van der Waals surface area contributed by atoms with Crippen LogP contribution in [-0.2, 0) is 0 Å². The fourth-order valence-corrected chi connectivity index (χ4v) is 8.17. The van der Waals surface area contributed by atoms with E-state index in [1.54, 1.807) is 6.20 Å². The largest absolute Gasteiger partial charge is 0.508 e. The number of nitrogens with zero attached hydrogens (tertiary/aromatic N) is 5. The normalized spacial score (nSPS) is 26.1. The number of hydrogen-bond acceptors (Lipinski definition) is 8. The number of benzene rings is 2. The fourth-order valence-electron chi connectivity index (χ4n) is 8.17. The molecule has 4 unspecified atom stereocenters. The first-order chi connectivity index (χ1) is 21.7. The zero-order chi connectivity index (χ0) is 31.0. The van der Waals surface area contributed by atoms with Crippen LogP contribution in [0.25, 0.3) is 32.9 Å². The van der Waals surface area contributed by atoms with Crippen LogP contribution in [0, 0.1) is 24.0 Å². The van der Waals surface area contributed by atoms with E-state index in [0.717, 1.165) is 45.2 Å². The van der Waals surface area contributed by atoms with Crippen LogP contribution in [0.5, 0.6) is 11.8 Å². The fraction of sp³-hybridized carbons (Fsp3) is 0.400. The van der Waals surface area contributed by atoms with Crippen LogP contribution in [0.4, 0.5) is 14.6 Å². The van der Waals surface area contributed by atoms with Crippen LogP contribution in [0.2, 0.25) is 0 Å². The molecule has 0 aliphatic carbocycles. The number of nitrogens with one attached hydrogen (secondary N) is 1. The van der Waals surface area contributed by atoms with Crippen molar-refractivity contribution in [1.29, 1.82) is 0 Å². The summed E-state index contributed by atoms with van der Waals surface area (Å²) < 4.78 is 38.1.